The van der Waals surface area contributed by atoms with Crippen molar-refractivity contribution < 1.29 is 5.11 Å². The van der Waals surface area contributed by atoms with Gasteiger partial charge >= 0.3 is 0 Å². The van der Waals surface area contributed by atoms with Crippen LogP contribution in [0.15, 0.2) is 24.4 Å². The molecule has 2 heterocycles. The molecule has 0 bridgehead atoms. The van der Waals surface area contributed by atoms with Crippen LogP contribution < -0.4 is 5.73 Å². The maximum atomic E-state index is 11.1. The van der Waals surface area contributed by atoms with E-state index in [-0.39, 0.29) is 6.04 Å². The van der Waals surface area contributed by atoms with E-state index in [0.29, 0.717) is 0 Å². The van der Waals surface area contributed by atoms with E-state index in [4.69, 9.17) is 5.73 Å². The van der Waals surface area contributed by atoms with Crippen molar-refractivity contribution in [1.82, 2.24) is 9.88 Å². The summed E-state index contributed by atoms with van der Waals surface area (Å²) in [6.07, 6.45) is 9.26. The second-order valence-corrected chi connectivity index (χ2v) is 7.74. The minimum atomic E-state index is -0.701. The Labute approximate surface area is 144 Å². The van der Waals surface area contributed by atoms with Gasteiger partial charge in [0.15, 0.2) is 0 Å². The van der Waals surface area contributed by atoms with Crippen molar-refractivity contribution in [2.75, 3.05) is 19.6 Å². The first-order valence-corrected chi connectivity index (χ1v) is 9.45. The second-order valence-electron chi connectivity index (χ2n) is 7.74. The molecule has 1 saturated carbocycles. The number of aromatic nitrogens is 1. The van der Waals surface area contributed by atoms with Crippen LogP contribution in [-0.2, 0) is 12.0 Å². The van der Waals surface area contributed by atoms with Crippen LogP contribution in [0.3, 0.4) is 0 Å². The van der Waals surface area contributed by atoms with Gasteiger partial charge in [-0.2, -0.15) is 0 Å². The minimum absolute atomic E-state index is 0.247. The Hall–Kier alpha value is -1.36. The zero-order valence-corrected chi connectivity index (χ0v) is 14.4. The van der Waals surface area contributed by atoms with Crippen molar-refractivity contribution in [3.05, 3.63) is 35.5 Å². The van der Waals surface area contributed by atoms with Crippen molar-refractivity contribution in [3.63, 3.8) is 0 Å². The van der Waals surface area contributed by atoms with E-state index < -0.39 is 5.60 Å². The molecule has 24 heavy (non-hydrogen) atoms. The number of aliphatic hydroxyl groups is 1. The smallest absolute Gasteiger partial charge is 0.0898 e. The van der Waals surface area contributed by atoms with Crippen molar-refractivity contribution in [2.45, 2.75) is 56.6 Å². The topological polar surface area (TPSA) is 65.3 Å². The average molecular weight is 327 g/mol. The molecule has 0 radical (unpaired) electrons. The first-order chi connectivity index (χ1) is 11.6. The highest BCUT2D eigenvalue weighted by molar-refractivity contribution is 5.84. The van der Waals surface area contributed by atoms with E-state index in [2.05, 4.69) is 34.3 Å². The normalized spacial score (nSPS) is 28.7. The van der Waals surface area contributed by atoms with Crippen LogP contribution in [0, 0.1) is 0 Å². The maximum Gasteiger partial charge on any atom is 0.0898 e. The molecule has 0 spiro atoms. The molecule has 4 N–H and O–H groups in total. The summed E-state index contributed by atoms with van der Waals surface area (Å²) in [7, 11) is 0. The number of nitrogens with one attached hydrogen (secondary N) is 1. The highest BCUT2D eigenvalue weighted by Gasteiger charge is 2.33. The highest BCUT2D eigenvalue weighted by Crippen LogP contribution is 2.38. The Bertz CT molecular complexity index is 694. The van der Waals surface area contributed by atoms with Gasteiger partial charge in [0.1, 0.15) is 0 Å². The van der Waals surface area contributed by atoms with Gasteiger partial charge in [0.05, 0.1) is 5.60 Å². The molecular weight excluding hydrogens is 298 g/mol. The van der Waals surface area contributed by atoms with Gasteiger partial charge in [0.2, 0.25) is 0 Å². The highest BCUT2D eigenvalue weighted by atomic mass is 16.3. The summed E-state index contributed by atoms with van der Waals surface area (Å²) in [4.78, 5) is 5.95. The SMILES string of the molecule is NC1CCC(O)(c2ccc3[nH]cc(CCN4CCCC4)c3c2)CC1. The largest absolute Gasteiger partial charge is 0.385 e. The van der Waals surface area contributed by atoms with Crippen LogP contribution in [0.1, 0.15) is 49.7 Å². The molecule has 130 valence electrons. The Morgan fingerprint density at radius 1 is 1.21 bits per heavy atom. The lowest BCUT2D eigenvalue weighted by Gasteiger charge is -2.35. The number of benzene rings is 1. The van der Waals surface area contributed by atoms with Crippen LogP contribution >= 0.6 is 0 Å². The fraction of sp³-hybridized carbons (Fsp3) is 0.600. The third kappa shape index (κ3) is 3.10. The zero-order valence-electron chi connectivity index (χ0n) is 14.4. The lowest BCUT2D eigenvalue weighted by molar-refractivity contribution is -0.00484. The van der Waals surface area contributed by atoms with Crippen LogP contribution in [0.2, 0.25) is 0 Å². The van der Waals surface area contributed by atoms with Gasteiger partial charge in [-0.05, 0) is 81.3 Å². The molecule has 0 unspecified atom stereocenters. The lowest BCUT2D eigenvalue weighted by atomic mass is 9.77. The van der Waals surface area contributed by atoms with E-state index >= 15 is 0 Å². The Morgan fingerprint density at radius 2 is 1.96 bits per heavy atom. The van der Waals surface area contributed by atoms with Gasteiger partial charge in [-0.3, -0.25) is 0 Å². The molecule has 2 aliphatic rings. The quantitative estimate of drug-likeness (QED) is 0.809. The molecule has 4 rings (SSSR count). The van der Waals surface area contributed by atoms with E-state index in [1.54, 1.807) is 0 Å². The third-order valence-corrected chi connectivity index (χ3v) is 6.06. The second kappa shape index (κ2) is 6.51. The Kier molecular flexibility index (Phi) is 4.37. The van der Waals surface area contributed by atoms with Crippen molar-refractivity contribution in [2.24, 2.45) is 5.73 Å². The number of fused-ring (bicyclic) bond motifs is 1. The molecule has 4 nitrogen and oxygen atoms in total. The van der Waals surface area contributed by atoms with E-state index in [1.165, 1.54) is 42.4 Å². The molecule has 0 amide bonds. The predicted octanol–water partition coefficient (Wildman–Crippen LogP) is 2.90. The summed E-state index contributed by atoms with van der Waals surface area (Å²) in [6, 6.07) is 6.66. The fourth-order valence-electron chi connectivity index (χ4n) is 4.37. The molecule has 1 aliphatic heterocycles. The van der Waals surface area contributed by atoms with E-state index in [9.17, 15) is 5.11 Å². The number of aromatic amines is 1. The number of hydrogen-bond donors (Lipinski definition) is 3. The number of likely N-dealkylation sites (tertiary alicyclic amines) is 1. The number of H-pyrrole nitrogens is 1. The van der Waals surface area contributed by atoms with E-state index in [0.717, 1.165) is 44.2 Å². The fourth-order valence-corrected chi connectivity index (χ4v) is 4.37. The number of nitrogens with two attached hydrogens (primary N) is 1. The number of rotatable bonds is 4. The van der Waals surface area contributed by atoms with Gasteiger partial charge in [0, 0.05) is 29.7 Å². The van der Waals surface area contributed by atoms with Gasteiger partial charge < -0.3 is 20.7 Å². The molecule has 0 atom stereocenters. The summed E-state index contributed by atoms with van der Waals surface area (Å²) in [5.74, 6) is 0. The van der Waals surface area contributed by atoms with Gasteiger partial charge in [-0.1, -0.05) is 6.07 Å². The van der Waals surface area contributed by atoms with Gasteiger partial charge in [-0.15, -0.1) is 0 Å². The van der Waals surface area contributed by atoms with Crippen LogP contribution in [0.4, 0.5) is 0 Å². The summed E-state index contributed by atoms with van der Waals surface area (Å²) >= 11 is 0. The zero-order chi connectivity index (χ0) is 16.6. The first kappa shape index (κ1) is 16.1. The van der Waals surface area contributed by atoms with Crippen molar-refractivity contribution in [3.8, 4) is 0 Å². The summed E-state index contributed by atoms with van der Waals surface area (Å²) < 4.78 is 0. The van der Waals surface area contributed by atoms with Gasteiger partial charge in [0.25, 0.3) is 0 Å². The standard InChI is InChI=1S/C20H29N3O/c21-17-5-8-20(24,9-6-17)16-3-4-19-18(13-16)15(14-22-19)7-12-23-10-1-2-11-23/h3-4,13-14,17,22,24H,1-2,5-12,21H2. The molecule has 1 aromatic carbocycles. The number of nitrogens with zero attached hydrogens (tertiary/aromatic N) is 1. The van der Waals surface area contributed by atoms with Crippen molar-refractivity contribution in [1.29, 1.82) is 0 Å². The first-order valence-electron chi connectivity index (χ1n) is 9.45. The lowest BCUT2D eigenvalue weighted by Crippen LogP contribution is -2.36. The molecule has 2 fully saturated rings. The van der Waals surface area contributed by atoms with E-state index in [1.807, 2.05) is 0 Å². The summed E-state index contributed by atoms with van der Waals surface area (Å²) in [6.45, 7) is 3.62. The Balaban J connectivity index is 1.56. The Morgan fingerprint density at radius 3 is 2.71 bits per heavy atom. The number of hydrogen-bond acceptors (Lipinski definition) is 3. The van der Waals surface area contributed by atoms with Crippen LogP contribution in [0.5, 0.6) is 0 Å². The van der Waals surface area contributed by atoms with Crippen molar-refractivity contribution >= 4 is 10.9 Å². The molecule has 4 heteroatoms. The minimum Gasteiger partial charge on any atom is -0.385 e. The van der Waals surface area contributed by atoms with Gasteiger partial charge in [-0.25, -0.2) is 0 Å². The van der Waals surface area contributed by atoms with Crippen LogP contribution in [0.25, 0.3) is 10.9 Å². The molecule has 1 aliphatic carbocycles. The maximum absolute atomic E-state index is 11.1. The summed E-state index contributed by atoms with van der Waals surface area (Å²) in [5.41, 5.74) is 8.91. The molecular formula is C20H29N3O. The molecule has 2 aromatic rings. The molecule has 1 saturated heterocycles. The average Bonchev–Trinajstić information content (AvgIpc) is 3.24. The van der Waals surface area contributed by atoms with Crippen LogP contribution in [-0.4, -0.2) is 40.7 Å². The third-order valence-electron chi connectivity index (χ3n) is 6.06. The predicted molar refractivity (Wildman–Crippen MR) is 98.0 cm³/mol. The summed E-state index contributed by atoms with van der Waals surface area (Å²) in [5, 5.41) is 12.3. The molecule has 1 aromatic heterocycles. The monoisotopic (exact) mass is 327 g/mol.